The minimum Gasteiger partial charge on any atom is -0.468 e. The first-order chi connectivity index (χ1) is 10.0. The van der Waals surface area contributed by atoms with Crippen LogP contribution in [0, 0.1) is 0 Å². The molecule has 1 aliphatic rings. The van der Waals surface area contributed by atoms with E-state index in [1.165, 1.54) is 14.2 Å². The zero-order chi connectivity index (χ0) is 15.4. The summed E-state index contributed by atoms with van der Waals surface area (Å²) in [5.74, 6) is -0.719. The summed E-state index contributed by atoms with van der Waals surface area (Å²) in [5, 5.41) is 9.73. The quantitative estimate of drug-likeness (QED) is 0.819. The molecule has 0 amide bonds. The van der Waals surface area contributed by atoms with Gasteiger partial charge in [0.25, 0.3) is 0 Å². The lowest BCUT2D eigenvalue weighted by Gasteiger charge is -2.22. The van der Waals surface area contributed by atoms with E-state index in [-0.39, 0.29) is 11.9 Å². The molecule has 1 aromatic carbocycles. The molecule has 114 valence electrons. The number of carbonyl (C=O) groups excluding carboxylic acids is 2. The van der Waals surface area contributed by atoms with Crippen molar-refractivity contribution in [3.05, 3.63) is 35.4 Å². The largest absolute Gasteiger partial charge is 0.468 e. The summed E-state index contributed by atoms with van der Waals surface area (Å²) >= 11 is 0. The fourth-order valence-electron chi connectivity index (χ4n) is 2.53. The third-order valence-corrected chi connectivity index (χ3v) is 3.62. The molecule has 1 fully saturated rings. The van der Waals surface area contributed by atoms with E-state index >= 15 is 0 Å². The SMILES string of the molecule is COC(=O)c1ccc(CN2CC(O)CC2C(=O)OC)cc1. The normalized spacial score (nSPS) is 22.0. The molecule has 0 aliphatic carbocycles. The van der Waals surface area contributed by atoms with Crippen LogP contribution < -0.4 is 0 Å². The van der Waals surface area contributed by atoms with Gasteiger partial charge in [-0.05, 0) is 17.7 Å². The van der Waals surface area contributed by atoms with E-state index in [0.29, 0.717) is 25.1 Å². The molecule has 0 spiro atoms. The van der Waals surface area contributed by atoms with E-state index in [4.69, 9.17) is 4.74 Å². The van der Waals surface area contributed by atoms with Crippen LogP contribution in [-0.4, -0.2) is 54.9 Å². The number of likely N-dealkylation sites (tertiary alicyclic amines) is 1. The van der Waals surface area contributed by atoms with Crippen molar-refractivity contribution in [1.29, 1.82) is 0 Å². The Bertz CT molecular complexity index is 513. The highest BCUT2D eigenvalue weighted by Crippen LogP contribution is 2.21. The molecule has 2 atom stereocenters. The summed E-state index contributed by atoms with van der Waals surface area (Å²) in [7, 11) is 2.68. The van der Waals surface area contributed by atoms with Gasteiger partial charge in [0.2, 0.25) is 0 Å². The van der Waals surface area contributed by atoms with Gasteiger partial charge in [0.05, 0.1) is 25.9 Å². The predicted molar refractivity (Wildman–Crippen MR) is 74.6 cm³/mol. The van der Waals surface area contributed by atoms with Crippen LogP contribution >= 0.6 is 0 Å². The Hall–Kier alpha value is -1.92. The van der Waals surface area contributed by atoms with Crippen molar-refractivity contribution in [3.8, 4) is 0 Å². The van der Waals surface area contributed by atoms with Crippen LogP contribution in [0.1, 0.15) is 22.3 Å². The molecule has 21 heavy (non-hydrogen) atoms. The van der Waals surface area contributed by atoms with Gasteiger partial charge in [0.1, 0.15) is 6.04 Å². The van der Waals surface area contributed by atoms with Crippen LogP contribution in [0.2, 0.25) is 0 Å². The number of benzene rings is 1. The summed E-state index contributed by atoms with van der Waals surface area (Å²) < 4.78 is 9.41. The predicted octanol–water partition coefficient (Wildman–Crippen LogP) is 0.581. The number of β-amino-alcohol motifs (C(OH)–C–C–N with tert-alkyl or cyclic N) is 1. The van der Waals surface area contributed by atoms with Crippen LogP contribution in [0.4, 0.5) is 0 Å². The van der Waals surface area contributed by atoms with Crippen molar-refractivity contribution in [3.63, 3.8) is 0 Å². The maximum atomic E-state index is 11.7. The van der Waals surface area contributed by atoms with Crippen molar-refractivity contribution in [2.24, 2.45) is 0 Å². The Kier molecular flexibility index (Phi) is 4.93. The van der Waals surface area contributed by atoms with Crippen LogP contribution in [0.5, 0.6) is 0 Å². The molecule has 1 saturated heterocycles. The number of carbonyl (C=O) groups is 2. The van der Waals surface area contributed by atoms with Crippen molar-refractivity contribution < 1.29 is 24.2 Å². The Morgan fingerprint density at radius 2 is 1.90 bits per heavy atom. The number of methoxy groups -OCH3 is 2. The number of hydrogen-bond acceptors (Lipinski definition) is 6. The minimum absolute atomic E-state index is 0.335. The molecule has 1 N–H and O–H groups in total. The zero-order valence-electron chi connectivity index (χ0n) is 12.1. The molecular formula is C15H19NO5. The number of aliphatic hydroxyl groups is 1. The second kappa shape index (κ2) is 6.69. The standard InChI is InChI=1S/C15H19NO5/c1-20-14(18)11-5-3-10(4-6-11)8-16-9-12(17)7-13(16)15(19)21-2/h3-6,12-13,17H,7-9H2,1-2H3. The lowest BCUT2D eigenvalue weighted by molar-refractivity contribution is -0.146. The first kappa shape index (κ1) is 15.5. The first-order valence-corrected chi connectivity index (χ1v) is 6.72. The fourth-order valence-corrected chi connectivity index (χ4v) is 2.53. The highest BCUT2D eigenvalue weighted by atomic mass is 16.5. The first-order valence-electron chi connectivity index (χ1n) is 6.72. The molecule has 1 aromatic rings. The van der Waals surface area contributed by atoms with E-state index in [2.05, 4.69) is 4.74 Å². The van der Waals surface area contributed by atoms with Gasteiger partial charge in [-0.2, -0.15) is 0 Å². The number of ether oxygens (including phenoxy) is 2. The average Bonchev–Trinajstić information content (AvgIpc) is 2.87. The van der Waals surface area contributed by atoms with Crippen LogP contribution in [0.25, 0.3) is 0 Å². The number of aliphatic hydroxyl groups excluding tert-OH is 1. The molecule has 1 aliphatic heterocycles. The smallest absolute Gasteiger partial charge is 0.337 e. The fraction of sp³-hybridized carbons (Fsp3) is 0.467. The molecule has 0 aromatic heterocycles. The summed E-state index contributed by atoms with van der Waals surface area (Å²) in [6, 6.07) is 6.56. The maximum absolute atomic E-state index is 11.7. The Balaban J connectivity index is 2.06. The van der Waals surface area contributed by atoms with E-state index in [9.17, 15) is 14.7 Å². The van der Waals surface area contributed by atoms with E-state index in [0.717, 1.165) is 5.56 Å². The van der Waals surface area contributed by atoms with Gasteiger partial charge in [-0.15, -0.1) is 0 Å². The minimum atomic E-state index is -0.525. The molecule has 2 rings (SSSR count). The third-order valence-electron chi connectivity index (χ3n) is 3.62. The molecule has 0 saturated carbocycles. The molecule has 6 nitrogen and oxygen atoms in total. The number of hydrogen-bond donors (Lipinski definition) is 1. The van der Waals surface area contributed by atoms with Gasteiger partial charge < -0.3 is 14.6 Å². The number of rotatable bonds is 4. The van der Waals surface area contributed by atoms with Crippen molar-refractivity contribution >= 4 is 11.9 Å². The number of esters is 2. The summed E-state index contributed by atoms with van der Waals surface area (Å²) in [6.45, 7) is 0.941. The molecule has 0 bridgehead atoms. The van der Waals surface area contributed by atoms with Gasteiger partial charge in [0.15, 0.2) is 0 Å². The highest BCUT2D eigenvalue weighted by Gasteiger charge is 2.36. The molecule has 0 radical (unpaired) electrons. The van der Waals surface area contributed by atoms with E-state index in [1.807, 2.05) is 17.0 Å². The van der Waals surface area contributed by atoms with Gasteiger partial charge >= 0.3 is 11.9 Å². The van der Waals surface area contributed by atoms with E-state index < -0.39 is 12.1 Å². The van der Waals surface area contributed by atoms with E-state index in [1.54, 1.807) is 12.1 Å². The Morgan fingerprint density at radius 1 is 1.24 bits per heavy atom. The lowest BCUT2D eigenvalue weighted by atomic mass is 10.1. The van der Waals surface area contributed by atoms with Gasteiger partial charge in [-0.3, -0.25) is 9.69 Å². The van der Waals surface area contributed by atoms with Crippen LogP contribution in [0.15, 0.2) is 24.3 Å². The third kappa shape index (κ3) is 3.59. The molecule has 1 heterocycles. The van der Waals surface area contributed by atoms with Gasteiger partial charge in [0, 0.05) is 19.5 Å². The van der Waals surface area contributed by atoms with Crippen LogP contribution in [-0.2, 0) is 20.8 Å². The second-order valence-electron chi connectivity index (χ2n) is 5.05. The Labute approximate surface area is 123 Å². The van der Waals surface area contributed by atoms with Crippen molar-refractivity contribution in [1.82, 2.24) is 4.90 Å². The van der Waals surface area contributed by atoms with Crippen LogP contribution in [0.3, 0.4) is 0 Å². The summed E-state index contributed by atoms with van der Waals surface area (Å²) in [4.78, 5) is 25.0. The average molecular weight is 293 g/mol. The van der Waals surface area contributed by atoms with Crippen molar-refractivity contribution in [2.75, 3.05) is 20.8 Å². The van der Waals surface area contributed by atoms with Gasteiger partial charge in [-0.25, -0.2) is 4.79 Å². The molecule has 2 unspecified atom stereocenters. The topological polar surface area (TPSA) is 76.1 Å². The second-order valence-corrected chi connectivity index (χ2v) is 5.05. The lowest BCUT2D eigenvalue weighted by Crippen LogP contribution is -2.36. The molecule has 6 heteroatoms. The van der Waals surface area contributed by atoms with Crippen molar-refractivity contribution in [2.45, 2.75) is 25.1 Å². The zero-order valence-corrected chi connectivity index (χ0v) is 12.1. The maximum Gasteiger partial charge on any atom is 0.337 e. The summed E-state index contributed by atoms with van der Waals surface area (Å²) in [5.41, 5.74) is 1.43. The Morgan fingerprint density at radius 3 is 2.48 bits per heavy atom. The monoisotopic (exact) mass is 293 g/mol. The molecular weight excluding hydrogens is 274 g/mol. The summed E-state index contributed by atoms with van der Waals surface area (Å²) in [6.07, 6.45) is -0.143. The number of nitrogens with zero attached hydrogens (tertiary/aromatic N) is 1. The highest BCUT2D eigenvalue weighted by molar-refractivity contribution is 5.89. The van der Waals surface area contributed by atoms with Gasteiger partial charge in [-0.1, -0.05) is 12.1 Å².